The number of rotatable bonds is 14. The van der Waals surface area contributed by atoms with Crippen LogP contribution >= 0.6 is 22.7 Å². The first kappa shape index (κ1) is 59.0. The van der Waals surface area contributed by atoms with Crippen LogP contribution in [0.2, 0.25) is 0 Å². The lowest BCUT2D eigenvalue weighted by molar-refractivity contribution is -0.127. The molecule has 6 N–H and O–H groups in total. The molecule has 2 aromatic carbocycles. The SMILES string of the molecule is CCCNC(=O)OC(C)(C)C.N#Cc1cc2cc(CN3CCC(Nc4ncnc5sc(CC(F)(F)F)cc45)CC3)ccc2[nH]1.N#Cc1cc2cc(CN3CCC(Nc4ncnc5sc(CC(F)(F)F)cc45)CC3)ccc2n1CCN. The van der Waals surface area contributed by atoms with Gasteiger partial charge in [0, 0.05) is 103 Å². The summed E-state index contributed by atoms with van der Waals surface area (Å²) in [4.78, 5) is 37.3. The molecule has 8 heterocycles. The molecule has 24 heteroatoms. The number of halogens is 6. The van der Waals surface area contributed by atoms with Crippen LogP contribution in [0.25, 0.3) is 42.2 Å². The maximum absolute atomic E-state index is 12.8. The van der Waals surface area contributed by atoms with Crippen molar-refractivity contribution in [3.63, 3.8) is 0 Å². The number of fused-ring (bicyclic) bond motifs is 4. The number of hydrogen-bond donors (Lipinski definition) is 5. The Morgan fingerprint density at radius 3 is 1.74 bits per heavy atom. The van der Waals surface area contributed by atoms with Crippen molar-refractivity contribution >= 4 is 82.6 Å². The Labute approximate surface area is 467 Å². The molecule has 0 atom stereocenters. The first-order valence-corrected chi connectivity index (χ1v) is 28.1. The lowest BCUT2D eigenvalue weighted by atomic mass is 10.0. The third-order valence-corrected chi connectivity index (χ3v) is 15.4. The van der Waals surface area contributed by atoms with Crippen LogP contribution in [0, 0.1) is 22.7 Å². The average Bonchev–Trinajstić information content (AvgIpc) is 4.26. The summed E-state index contributed by atoms with van der Waals surface area (Å²) in [6, 6.07) is 24.2. The van der Waals surface area contributed by atoms with Gasteiger partial charge < -0.3 is 36.0 Å². The number of thiophene rings is 2. The van der Waals surface area contributed by atoms with Gasteiger partial charge in [-0.25, -0.2) is 24.7 Å². The number of carbonyl (C=O) groups is 1. The smallest absolute Gasteiger partial charge is 0.407 e. The second kappa shape index (κ2) is 26.0. The lowest BCUT2D eigenvalue weighted by Gasteiger charge is -2.32. The largest absolute Gasteiger partial charge is 0.444 e. The standard InChI is InChI=1S/C25H26F3N7S.C23H21F3N6S.C8H17NO2/c26-25(27,28)12-20-11-21-23(31-15-32-24(21)36-20)33-18-3-6-34(7-4-18)14-16-1-2-22-17(9-16)10-19(13-30)35(22)8-5-29;24-23(25,26)10-18-9-19-21(28-13-29-22(19)33-18)31-16-3-5-32(6-4-16)12-14-1-2-20-15(7-14)8-17(11-27)30-20;1-5-6-9-7(10)11-8(2,3)4/h1-2,9-11,15,18H,3-8,12,14,29H2,(H,31,32,33);1-2,7-9,13,16,30H,3-6,10,12H2,(H,28,29,31);5-6H2,1-4H3,(H,9,10). The number of piperidine rings is 2. The molecule has 2 aliphatic heterocycles. The molecule has 8 aromatic rings. The molecule has 6 aromatic heterocycles. The summed E-state index contributed by atoms with van der Waals surface area (Å²) in [5.74, 6) is 1.21. The topological polar surface area (TPSA) is 215 Å². The molecule has 10 rings (SSSR count). The van der Waals surface area contributed by atoms with Gasteiger partial charge in [0.15, 0.2) is 0 Å². The predicted molar refractivity (Wildman–Crippen MR) is 301 cm³/mol. The van der Waals surface area contributed by atoms with Crippen molar-refractivity contribution in [2.45, 2.75) is 122 Å². The van der Waals surface area contributed by atoms with E-state index in [9.17, 15) is 36.4 Å². The van der Waals surface area contributed by atoms with Gasteiger partial charge in [0.2, 0.25) is 0 Å². The van der Waals surface area contributed by atoms with E-state index in [0.717, 1.165) is 116 Å². The molecule has 424 valence electrons. The molecule has 0 saturated carbocycles. The van der Waals surface area contributed by atoms with Crippen LogP contribution in [0.15, 0.2) is 73.3 Å². The van der Waals surface area contributed by atoms with E-state index < -0.39 is 30.8 Å². The average molecular weight is 1140 g/mol. The maximum atomic E-state index is 12.8. The number of nitrogens with two attached hydrogens (primary N) is 1. The quantitative estimate of drug-likeness (QED) is 0.0642. The van der Waals surface area contributed by atoms with Gasteiger partial charge in [-0.05, 0) is 113 Å². The normalized spacial score (nSPS) is 15.0. The third kappa shape index (κ3) is 16.5. The van der Waals surface area contributed by atoms with E-state index in [2.05, 4.69) is 93.1 Å². The Bertz CT molecular complexity index is 3460. The van der Waals surface area contributed by atoms with Crippen LogP contribution in [-0.2, 0) is 37.2 Å². The number of nitriles is 2. The second-order valence-corrected chi connectivity index (χ2v) is 23.1. The van der Waals surface area contributed by atoms with E-state index in [4.69, 9.17) is 15.7 Å². The molecule has 0 spiro atoms. The summed E-state index contributed by atoms with van der Waals surface area (Å²) in [5, 5.41) is 31.4. The first-order chi connectivity index (χ1) is 38.1. The number of anilines is 2. The minimum Gasteiger partial charge on any atom is -0.444 e. The number of alkyl halides is 6. The molecule has 0 aliphatic carbocycles. The maximum Gasteiger partial charge on any atom is 0.407 e. The zero-order valence-corrected chi connectivity index (χ0v) is 46.5. The number of nitrogens with one attached hydrogen (secondary N) is 4. The summed E-state index contributed by atoms with van der Waals surface area (Å²) >= 11 is 2.13. The fourth-order valence-electron chi connectivity index (χ4n) is 9.75. The summed E-state index contributed by atoms with van der Waals surface area (Å²) in [6.45, 7) is 14.5. The molecule has 2 fully saturated rings. The molecule has 0 unspecified atom stereocenters. The van der Waals surface area contributed by atoms with Crippen molar-refractivity contribution in [3.05, 3.63) is 106 Å². The van der Waals surface area contributed by atoms with Crippen molar-refractivity contribution in [3.8, 4) is 12.1 Å². The first-order valence-electron chi connectivity index (χ1n) is 26.4. The second-order valence-electron chi connectivity index (χ2n) is 20.9. The Morgan fingerprint density at radius 2 is 1.26 bits per heavy atom. The summed E-state index contributed by atoms with van der Waals surface area (Å²) < 4.78 is 83.7. The minimum absolute atomic E-state index is 0.191. The van der Waals surface area contributed by atoms with E-state index >= 15 is 0 Å². The monoisotopic (exact) mass is 1140 g/mol. The minimum atomic E-state index is -4.24. The Morgan fingerprint density at radius 1 is 0.738 bits per heavy atom. The number of benzene rings is 2. The van der Waals surface area contributed by atoms with E-state index in [-0.39, 0.29) is 27.9 Å². The fraction of sp³-hybridized carbons (Fsp3) is 0.446. The van der Waals surface area contributed by atoms with Gasteiger partial charge in [0.05, 0.1) is 23.6 Å². The van der Waals surface area contributed by atoms with E-state index in [1.165, 1.54) is 23.8 Å². The molecule has 80 heavy (non-hydrogen) atoms. The number of nitrogens with zero attached hydrogens (tertiary/aromatic N) is 9. The number of amides is 1. The summed E-state index contributed by atoms with van der Waals surface area (Å²) in [7, 11) is 0. The third-order valence-electron chi connectivity index (χ3n) is 13.3. The van der Waals surface area contributed by atoms with Gasteiger partial charge in [-0.2, -0.15) is 36.9 Å². The molecular formula is C56H64F6N14O2S2. The number of ether oxygens (including phenoxy) is 1. The van der Waals surface area contributed by atoms with Crippen molar-refractivity contribution in [2.24, 2.45) is 5.73 Å². The van der Waals surface area contributed by atoms with Crippen LogP contribution in [0.1, 0.15) is 92.1 Å². The van der Waals surface area contributed by atoms with Crippen molar-refractivity contribution in [2.75, 3.05) is 49.9 Å². The number of aromatic nitrogens is 6. The summed E-state index contributed by atoms with van der Waals surface area (Å²) in [6.07, 6.45) is -3.34. The molecule has 2 saturated heterocycles. The van der Waals surface area contributed by atoms with Crippen LogP contribution in [0.3, 0.4) is 0 Å². The Hall–Kier alpha value is -7.09. The van der Waals surface area contributed by atoms with Crippen LogP contribution < -0.4 is 21.7 Å². The Kier molecular flexibility index (Phi) is 19.2. The van der Waals surface area contributed by atoms with Gasteiger partial charge in [0.25, 0.3) is 0 Å². The zero-order valence-electron chi connectivity index (χ0n) is 44.9. The molecule has 2 aliphatic rings. The lowest BCUT2D eigenvalue weighted by Crippen LogP contribution is -2.38. The highest BCUT2D eigenvalue weighted by Gasteiger charge is 2.31. The molecular weight excluding hydrogens is 1080 g/mol. The number of likely N-dealkylation sites (tertiary alicyclic amines) is 2. The number of aromatic amines is 1. The van der Waals surface area contributed by atoms with Crippen molar-refractivity contribution < 1.29 is 35.9 Å². The zero-order chi connectivity index (χ0) is 57.2. The molecule has 0 radical (unpaired) electrons. The van der Waals surface area contributed by atoms with E-state index in [1.54, 1.807) is 12.1 Å². The van der Waals surface area contributed by atoms with Crippen LogP contribution in [-0.4, -0.2) is 115 Å². The van der Waals surface area contributed by atoms with Crippen LogP contribution in [0.4, 0.5) is 42.8 Å². The number of H-pyrrole nitrogens is 1. The van der Waals surface area contributed by atoms with Gasteiger partial charge in [0.1, 0.15) is 63.1 Å². The molecule has 0 bridgehead atoms. The van der Waals surface area contributed by atoms with Crippen molar-refractivity contribution in [1.29, 1.82) is 10.5 Å². The van der Waals surface area contributed by atoms with Crippen LogP contribution in [0.5, 0.6) is 0 Å². The number of alkyl carbamates (subject to hydrolysis) is 1. The fourth-order valence-corrected chi connectivity index (χ4v) is 11.8. The van der Waals surface area contributed by atoms with Gasteiger partial charge in [-0.15, -0.1) is 22.7 Å². The highest BCUT2D eigenvalue weighted by molar-refractivity contribution is 7.19. The predicted octanol–water partition coefficient (Wildman–Crippen LogP) is 11.8. The number of hydrogen-bond acceptors (Lipinski definition) is 15. The Balaban J connectivity index is 0.000000178. The highest BCUT2D eigenvalue weighted by atomic mass is 32.1. The molecule has 16 nitrogen and oxygen atoms in total. The number of carbonyl (C=O) groups excluding carboxylic acids is 1. The van der Waals surface area contributed by atoms with Crippen molar-refractivity contribution in [1.82, 2.24) is 44.6 Å². The van der Waals surface area contributed by atoms with Gasteiger partial charge in [-0.1, -0.05) is 19.1 Å². The van der Waals surface area contributed by atoms with Gasteiger partial charge in [-0.3, -0.25) is 9.80 Å². The van der Waals surface area contributed by atoms with E-state index in [0.29, 0.717) is 63.1 Å². The van der Waals surface area contributed by atoms with Gasteiger partial charge >= 0.3 is 18.4 Å². The van der Waals surface area contributed by atoms with E-state index in [1.807, 2.05) is 50.5 Å². The highest BCUT2D eigenvalue weighted by Crippen LogP contribution is 2.35. The molecule has 1 amide bonds. The summed E-state index contributed by atoms with van der Waals surface area (Å²) in [5.41, 5.74) is 10.9.